The molecule has 1 aliphatic rings. The Bertz CT molecular complexity index is 250. The standard InChI is InChI=1S/C8H17NO3S/c1-13(11,12)4-2-3-7-5-9-6-8(7)10/h7-10H,2-6H2,1H3. The summed E-state index contributed by atoms with van der Waals surface area (Å²) in [6, 6.07) is 0. The number of rotatable bonds is 4. The van der Waals surface area contributed by atoms with Crippen LogP contribution < -0.4 is 5.32 Å². The van der Waals surface area contributed by atoms with Gasteiger partial charge in [0.1, 0.15) is 9.84 Å². The van der Waals surface area contributed by atoms with Crippen molar-refractivity contribution in [2.24, 2.45) is 5.92 Å². The third-order valence-corrected chi connectivity index (χ3v) is 3.42. The second kappa shape index (κ2) is 4.39. The van der Waals surface area contributed by atoms with E-state index in [0.717, 1.165) is 13.0 Å². The Morgan fingerprint density at radius 1 is 1.46 bits per heavy atom. The summed E-state index contributed by atoms with van der Waals surface area (Å²) in [5.74, 6) is 0.470. The van der Waals surface area contributed by atoms with Crippen molar-refractivity contribution in [2.45, 2.75) is 18.9 Å². The minimum absolute atomic E-state index is 0.232. The van der Waals surface area contributed by atoms with Crippen LogP contribution in [0, 0.1) is 5.92 Å². The molecule has 5 heteroatoms. The van der Waals surface area contributed by atoms with Crippen LogP contribution in [0.25, 0.3) is 0 Å². The van der Waals surface area contributed by atoms with E-state index in [1.807, 2.05) is 0 Å². The van der Waals surface area contributed by atoms with Crippen molar-refractivity contribution in [2.75, 3.05) is 25.1 Å². The van der Waals surface area contributed by atoms with Crippen LogP contribution in [0.1, 0.15) is 12.8 Å². The molecule has 78 valence electrons. The first-order valence-corrected chi connectivity index (χ1v) is 6.61. The lowest BCUT2D eigenvalue weighted by atomic mass is 10.0. The zero-order valence-electron chi connectivity index (χ0n) is 7.86. The maximum Gasteiger partial charge on any atom is 0.147 e. The van der Waals surface area contributed by atoms with E-state index in [1.54, 1.807) is 0 Å². The van der Waals surface area contributed by atoms with Crippen LogP contribution in [-0.4, -0.2) is 44.7 Å². The molecule has 0 saturated carbocycles. The van der Waals surface area contributed by atoms with Crippen molar-refractivity contribution in [1.82, 2.24) is 5.32 Å². The van der Waals surface area contributed by atoms with E-state index in [2.05, 4.69) is 5.32 Å². The summed E-state index contributed by atoms with van der Waals surface area (Å²) in [7, 11) is -2.84. The van der Waals surface area contributed by atoms with Crippen LogP contribution in [0.3, 0.4) is 0 Å². The van der Waals surface area contributed by atoms with Crippen LogP contribution in [0.2, 0.25) is 0 Å². The quantitative estimate of drug-likeness (QED) is 0.645. The van der Waals surface area contributed by atoms with Gasteiger partial charge in [0.25, 0.3) is 0 Å². The SMILES string of the molecule is CS(=O)(=O)CCCC1CNCC1O. The second-order valence-electron chi connectivity index (χ2n) is 3.76. The summed E-state index contributed by atoms with van der Waals surface area (Å²) in [6.45, 7) is 1.45. The Hall–Kier alpha value is -0.130. The molecule has 4 nitrogen and oxygen atoms in total. The highest BCUT2D eigenvalue weighted by atomic mass is 32.2. The molecule has 2 unspecified atom stereocenters. The van der Waals surface area contributed by atoms with Crippen LogP contribution in [0.4, 0.5) is 0 Å². The fourth-order valence-electron chi connectivity index (χ4n) is 1.62. The molecule has 0 spiro atoms. The zero-order chi connectivity index (χ0) is 9.90. The molecule has 0 bridgehead atoms. The van der Waals surface area contributed by atoms with Crippen LogP contribution in [-0.2, 0) is 9.84 Å². The van der Waals surface area contributed by atoms with Gasteiger partial charge in [-0.2, -0.15) is 0 Å². The Morgan fingerprint density at radius 2 is 2.15 bits per heavy atom. The van der Waals surface area contributed by atoms with Crippen molar-refractivity contribution < 1.29 is 13.5 Å². The number of nitrogens with one attached hydrogen (secondary N) is 1. The van der Waals surface area contributed by atoms with Gasteiger partial charge < -0.3 is 10.4 Å². The molecule has 1 heterocycles. The van der Waals surface area contributed by atoms with Crippen molar-refractivity contribution in [3.63, 3.8) is 0 Å². The third kappa shape index (κ3) is 4.06. The van der Waals surface area contributed by atoms with Gasteiger partial charge in [0, 0.05) is 25.1 Å². The molecule has 0 aliphatic carbocycles. The Morgan fingerprint density at radius 3 is 2.62 bits per heavy atom. The predicted octanol–water partition coefficient (Wildman–Crippen LogP) is -0.608. The van der Waals surface area contributed by atoms with Crippen molar-refractivity contribution in [3.05, 3.63) is 0 Å². The lowest BCUT2D eigenvalue weighted by Gasteiger charge is -2.11. The highest BCUT2D eigenvalue weighted by molar-refractivity contribution is 7.90. The summed E-state index contributed by atoms with van der Waals surface area (Å²) in [5.41, 5.74) is 0. The topological polar surface area (TPSA) is 66.4 Å². The molecule has 2 N–H and O–H groups in total. The van der Waals surface area contributed by atoms with Crippen LogP contribution in [0.15, 0.2) is 0 Å². The van der Waals surface area contributed by atoms with Crippen molar-refractivity contribution in [1.29, 1.82) is 0 Å². The fraction of sp³-hybridized carbons (Fsp3) is 1.00. The smallest absolute Gasteiger partial charge is 0.147 e. The van der Waals surface area contributed by atoms with Gasteiger partial charge in [-0.15, -0.1) is 0 Å². The molecule has 0 aromatic rings. The summed E-state index contributed by atoms with van der Waals surface area (Å²) in [6.07, 6.45) is 2.40. The molecule has 0 aromatic carbocycles. The average molecular weight is 207 g/mol. The Labute approximate surface area is 79.3 Å². The summed E-state index contributed by atoms with van der Waals surface area (Å²) in [4.78, 5) is 0. The van der Waals surface area contributed by atoms with Gasteiger partial charge >= 0.3 is 0 Å². The van der Waals surface area contributed by atoms with Gasteiger partial charge in [0.05, 0.1) is 6.10 Å². The predicted molar refractivity (Wildman–Crippen MR) is 51.3 cm³/mol. The monoisotopic (exact) mass is 207 g/mol. The Kier molecular flexibility index (Phi) is 3.70. The summed E-state index contributed by atoms with van der Waals surface area (Å²) >= 11 is 0. The first-order valence-electron chi connectivity index (χ1n) is 4.55. The van der Waals surface area contributed by atoms with Gasteiger partial charge in [0.2, 0.25) is 0 Å². The van der Waals surface area contributed by atoms with Gasteiger partial charge in [0.15, 0.2) is 0 Å². The van der Waals surface area contributed by atoms with Gasteiger partial charge in [-0.05, 0) is 18.8 Å². The molecule has 0 amide bonds. The van der Waals surface area contributed by atoms with E-state index in [4.69, 9.17) is 0 Å². The molecule has 1 aliphatic heterocycles. The number of hydrogen-bond donors (Lipinski definition) is 2. The fourth-order valence-corrected chi connectivity index (χ4v) is 2.31. The van der Waals surface area contributed by atoms with Crippen LogP contribution >= 0.6 is 0 Å². The molecule has 2 atom stereocenters. The number of hydrogen-bond acceptors (Lipinski definition) is 4. The highest BCUT2D eigenvalue weighted by Crippen LogP contribution is 2.15. The number of aliphatic hydroxyl groups is 1. The van der Waals surface area contributed by atoms with E-state index in [1.165, 1.54) is 6.26 Å². The molecule has 0 aromatic heterocycles. The van der Waals surface area contributed by atoms with Crippen molar-refractivity contribution >= 4 is 9.84 Å². The van der Waals surface area contributed by atoms with Gasteiger partial charge in [-0.25, -0.2) is 8.42 Å². The minimum Gasteiger partial charge on any atom is -0.391 e. The van der Waals surface area contributed by atoms with Crippen LogP contribution in [0.5, 0.6) is 0 Å². The molecule has 1 fully saturated rings. The van der Waals surface area contributed by atoms with E-state index in [0.29, 0.717) is 13.0 Å². The lowest BCUT2D eigenvalue weighted by Crippen LogP contribution is -2.18. The van der Waals surface area contributed by atoms with E-state index in [9.17, 15) is 13.5 Å². The Balaban J connectivity index is 2.19. The average Bonchev–Trinajstić information content (AvgIpc) is 2.34. The second-order valence-corrected chi connectivity index (χ2v) is 6.02. The normalized spacial score (nSPS) is 29.4. The van der Waals surface area contributed by atoms with Gasteiger partial charge in [-0.3, -0.25) is 0 Å². The highest BCUT2D eigenvalue weighted by Gasteiger charge is 2.24. The lowest BCUT2D eigenvalue weighted by molar-refractivity contribution is 0.142. The largest absolute Gasteiger partial charge is 0.391 e. The van der Waals surface area contributed by atoms with E-state index < -0.39 is 9.84 Å². The summed E-state index contributed by atoms with van der Waals surface area (Å²) in [5, 5.41) is 12.5. The molecular formula is C8H17NO3S. The first kappa shape index (κ1) is 10.9. The van der Waals surface area contributed by atoms with Gasteiger partial charge in [-0.1, -0.05) is 0 Å². The number of aliphatic hydroxyl groups excluding tert-OH is 1. The van der Waals surface area contributed by atoms with E-state index >= 15 is 0 Å². The number of sulfone groups is 1. The van der Waals surface area contributed by atoms with E-state index in [-0.39, 0.29) is 17.8 Å². The molecule has 0 radical (unpaired) electrons. The molecule has 13 heavy (non-hydrogen) atoms. The first-order chi connectivity index (χ1) is 5.99. The third-order valence-electron chi connectivity index (χ3n) is 2.39. The molecular weight excluding hydrogens is 190 g/mol. The minimum atomic E-state index is -2.84. The van der Waals surface area contributed by atoms with Crippen molar-refractivity contribution in [3.8, 4) is 0 Å². The number of β-amino-alcohol motifs (C(OH)–C–C–N with tert-alkyl or cyclic N) is 1. The maximum absolute atomic E-state index is 10.8. The molecule has 1 saturated heterocycles. The molecule has 1 rings (SSSR count). The zero-order valence-corrected chi connectivity index (χ0v) is 8.68. The summed E-state index contributed by atoms with van der Waals surface area (Å²) < 4.78 is 21.6. The maximum atomic E-state index is 10.8.